The lowest BCUT2D eigenvalue weighted by Crippen LogP contribution is -2.12. The zero-order valence-corrected chi connectivity index (χ0v) is 12.0. The van der Waals surface area contributed by atoms with E-state index >= 15 is 0 Å². The Hall–Kier alpha value is -2.54. The van der Waals surface area contributed by atoms with E-state index in [0.29, 0.717) is 11.3 Å². The van der Waals surface area contributed by atoms with Crippen molar-refractivity contribution in [1.29, 1.82) is 0 Å². The van der Waals surface area contributed by atoms with Gasteiger partial charge in [-0.3, -0.25) is 4.79 Å². The molecule has 1 amide bonds. The van der Waals surface area contributed by atoms with Gasteiger partial charge in [-0.25, -0.2) is 8.42 Å². The van der Waals surface area contributed by atoms with Gasteiger partial charge in [-0.15, -0.1) is 0 Å². The number of phenolic OH excluding ortho intramolecular Hbond substituents is 1. The summed E-state index contributed by atoms with van der Waals surface area (Å²) >= 11 is 0. The topological polar surface area (TPSA) is 109 Å². The van der Waals surface area contributed by atoms with Gasteiger partial charge in [0.2, 0.25) is 0 Å². The van der Waals surface area contributed by atoms with Gasteiger partial charge in [-0.05, 0) is 36.4 Å². The van der Waals surface area contributed by atoms with Gasteiger partial charge in [0, 0.05) is 17.5 Å². The van der Waals surface area contributed by atoms with Crippen LogP contribution in [0.3, 0.4) is 0 Å². The number of carbonyl (C=O) groups is 1. The molecule has 2 aromatic rings. The van der Waals surface area contributed by atoms with E-state index in [1.54, 1.807) is 18.2 Å². The molecule has 0 atom stereocenters. The molecule has 7 heteroatoms. The van der Waals surface area contributed by atoms with Crippen LogP contribution < -0.4 is 11.1 Å². The summed E-state index contributed by atoms with van der Waals surface area (Å²) in [7, 11) is -3.43. The summed E-state index contributed by atoms with van der Waals surface area (Å²) in [6, 6.07) is 9.98. The van der Waals surface area contributed by atoms with Crippen LogP contribution in [0, 0.1) is 0 Å². The second kappa shape index (κ2) is 5.45. The van der Waals surface area contributed by atoms with E-state index in [1.165, 1.54) is 24.3 Å². The number of hydrogen-bond acceptors (Lipinski definition) is 5. The van der Waals surface area contributed by atoms with Crippen LogP contribution in [-0.2, 0) is 9.84 Å². The first-order chi connectivity index (χ1) is 9.77. The van der Waals surface area contributed by atoms with Crippen LogP contribution in [0.25, 0.3) is 0 Å². The van der Waals surface area contributed by atoms with Gasteiger partial charge < -0.3 is 16.2 Å². The highest BCUT2D eigenvalue weighted by Gasteiger charge is 2.13. The fourth-order valence-corrected chi connectivity index (χ4v) is 2.37. The molecule has 0 unspecified atom stereocenters. The fraction of sp³-hybridized carbons (Fsp3) is 0.0714. The Balaban J connectivity index is 2.33. The Bertz CT molecular complexity index is 800. The lowest BCUT2D eigenvalue weighted by Gasteiger charge is -2.09. The lowest BCUT2D eigenvalue weighted by atomic mass is 10.2. The molecule has 6 nitrogen and oxygen atoms in total. The molecule has 0 aliphatic rings. The summed E-state index contributed by atoms with van der Waals surface area (Å²) in [5, 5.41) is 12.2. The Labute approximate surface area is 122 Å². The Morgan fingerprint density at radius 2 is 1.90 bits per heavy atom. The minimum atomic E-state index is -3.43. The van der Waals surface area contributed by atoms with Crippen molar-refractivity contribution >= 4 is 27.1 Å². The molecule has 0 aliphatic heterocycles. The number of phenols is 1. The Morgan fingerprint density at radius 1 is 1.19 bits per heavy atom. The first-order valence-electron chi connectivity index (χ1n) is 5.97. The van der Waals surface area contributed by atoms with Gasteiger partial charge >= 0.3 is 0 Å². The third-order valence-electron chi connectivity index (χ3n) is 2.79. The minimum absolute atomic E-state index is 0.00294. The van der Waals surface area contributed by atoms with Gasteiger partial charge in [0.25, 0.3) is 5.91 Å². The molecule has 0 aromatic heterocycles. The predicted octanol–water partition coefficient (Wildman–Crippen LogP) is 1.63. The van der Waals surface area contributed by atoms with Crippen molar-refractivity contribution in [3.63, 3.8) is 0 Å². The molecule has 21 heavy (non-hydrogen) atoms. The fourth-order valence-electron chi connectivity index (χ4n) is 1.72. The maximum absolute atomic E-state index is 12.1. The summed E-state index contributed by atoms with van der Waals surface area (Å²) in [5.74, 6) is -0.720. The molecule has 4 N–H and O–H groups in total. The Kier molecular flexibility index (Phi) is 3.86. The van der Waals surface area contributed by atoms with Crippen LogP contribution in [0.4, 0.5) is 11.4 Å². The van der Waals surface area contributed by atoms with Crippen molar-refractivity contribution in [1.82, 2.24) is 0 Å². The molecular weight excluding hydrogens is 292 g/mol. The van der Waals surface area contributed by atoms with Crippen molar-refractivity contribution in [2.45, 2.75) is 4.90 Å². The Morgan fingerprint density at radius 3 is 2.52 bits per heavy atom. The molecule has 110 valence electrons. The number of anilines is 2. The van der Waals surface area contributed by atoms with Crippen molar-refractivity contribution in [3.05, 3.63) is 48.0 Å². The van der Waals surface area contributed by atoms with Crippen LogP contribution in [0.5, 0.6) is 5.75 Å². The zero-order chi connectivity index (χ0) is 15.6. The van der Waals surface area contributed by atoms with E-state index < -0.39 is 15.7 Å². The minimum Gasteiger partial charge on any atom is -0.506 e. The second-order valence-corrected chi connectivity index (χ2v) is 6.55. The zero-order valence-electron chi connectivity index (χ0n) is 11.2. The maximum Gasteiger partial charge on any atom is 0.255 e. The first kappa shape index (κ1) is 14.9. The second-order valence-electron chi connectivity index (χ2n) is 4.53. The van der Waals surface area contributed by atoms with Crippen LogP contribution in [0.2, 0.25) is 0 Å². The van der Waals surface area contributed by atoms with E-state index in [0.717, 1.165) is 6.26 Å². The van der Waals surface area contributed by atoms with E-state index in [-0.39, 0.29) is 16.3 Å². The molecule has 0 fully saturated rings. The average molecular weight is 306 g/mol. The highest BCUT2D eigenvalue weighted by molar-refractivity contribution is 7.90. The maximum atomic E-state index is 12.1. The molecule has 0 radical (unpaired) electrons. The number of nitrogens with one attached hydrogen (secondary N) is 1. The summed E-state index contributed by atoms with van der Waals surface area (Å²) < 4.78 is 23.0. The highest BCUT2D eigenvalue weighted by Crippen LogP contribution is 2.27. The van der Waals surface area contributed by atoms with Crippen LogP contribution in [-0.4, -0.2) is 25.7 Å². The number of rotatable bonds is 3. The number of amides is 1. The van der Waals surface area contributed by atoms with Gasteiger partial charge in [0.15, 0.2) is 9.84 Å². The van der Waals surface area contributed by atoms with Crippen molar-refractivity contribution in [2.75, 3.05) is 17.3 Å². The number of nitrogen functional groups attached to an aromatic ring is 1. The van der Waals surface area contributed by atoms with Crippen molar-refractivity contribution < 1.29 is 18.3 Å². The monoisotopic (exact) mass is 306 g/mol. The number of aromatic hydroxyl groups is 1. The lowest BCUT2D eigenvalue weighted by molar-refractivity contribution is 0.102. The molecule has 0 heterocycles. The molecule has 0 spiro atoms. The smallest absolute Gasteiger partial charge is 0.255 e. The van der Waals surface area contributed by atoms with Crippen LogP contribution in [0.15, 0.2) is 47.4 Å². The standard InChI is InChI=1S/C14H14N2O4S/c1-21(19,20)11-5-6-13(17)12(8-11)16-14(18)9-3-2-4-10(15)7-9/h2-8,17H,15H2,1H3,(H,16,18). The molecule has 0 bridgehead atoms. The molecular formula is C14H14N2O4S. The number of benzene rings is 2. The number of sulfone groups is 1. The number of carbonyl (C=O) groups excluding carboxylic acids is 1. The molecule has 0 saturated heterocycles. The third-order valence-corrected chi connectivity index (χ3v) is 3.90. The number of nitrogens with two attached hydrogens (primary N) is 1. The summed E-state index contributed by atoms with van der Waals surface area (Å²) in [4.78, 5) is 12.1. The molecule has 0 aliphatic carbocycles. The van der Waals surface area contributed by atoms with Crippen LogP contribution >= 0.6 is 0 Å². The molecule has 2 rings (SSSR count). The van der Waals surface area contributed by atoms with Gasteiger partial charge in [-0.1, -0.05) is 6.07 Å². The molecule has 0 saturated carbocycles. The third kappa shape index (κ3) is 3.51. The van der Waals surface area contributed by atoms with Crippen LogP contribution in [0.1, 0.15) is 10.4 Å². The summed E-state index contributed by atoms with van der Waals surface area (Å²) in [6.45, 7) is 0. The van der Waals surface area contributed by atoms with Gasteiger partial charge in [0.05, 0.1) is 10.6 Å². The van der Waals surface area contributed by atoms with E-state index in [4.69, 9.17) is 5.73 Å². The summed E-state index contributed by atoms with van der Waals surface area (Å²) in [6.07, 6.45) is 1.04. The van der Waals surface area contributed by atoms with Gasteiger partial charge in [-0.2, -0.15) is 0 Å². The van der Waals surface area contributed by atoms with Gasteiger partial charge in [0.1, 0.15) is 5.75 Å². The number of hydrogen-bond donors (Lipinski definition) is 3. The summed E-state index contributed by atoms with van der Waals surface area (Å²) in [5.41, 5.74) is 6.34. The normalized spacial score (nSPS) is 11.1. The highest BCUT2D eigenvalue weighted by atomic mass is 32.2. The predicted molar refractivity (Wildman–Crippen MR) is 80.0 cm³/mol. The quantitative estimate of drug-likeness (QED) is 0.590. The van der Waals surface area contributed by atoms with E-state index in [1.807, 2.05) is 0 Å². The largest absolute Gasteiger partial charge is 0.506 e. The van der Waals surface area contributed by atoms with Crippen molar-refractivity contribution in [2.24, 2.45) is 0 Å². The van der Waals surface area contributed by atoms with Crippen molar-refractivity contribution in [3.8, 4) is 5.75 Å². The average Bonchev–Trinajstić information content (AvgIpc) is 2.40. The van der Waals surface area contributed by atoms with E-state index in [2.05, 4.69) is 5.32 Å². The first-order valence-corrected chi connectivity index (χ1v) is 7.86. The SMILES string of the molecule is CS(=O)(=O)c1ccc(O)c(NC(=O)c2cccc(N)c2)c1. The van der Waals surface area contributed by atoms with E-state index in [9.17, 15) is 18.3 Å². The molecule has 2 aromatic carbocycles.